The van der Waals surface area contributed by atoms with E-state index in [-0.39, 0.29) is 5.97 Å². The van der Waals surface area contributed by atoms with Crippen LogP contribution in [0.15, 0.2) is 48.0 Å². The number of hydrogen-bond acceptors (Lipinski definition) is 6. The van der Waals surface area contributed by atoms with Crippen LogP contribution in [0.3, 0.4) is 0 Å². The normalized spacial score (nSPS) is 10.3. The monoisotopic (exact) mass is 325 g/mol. The average Bonchev–Trinajstić information content (AvgIpc) is 3.03. The zero-order valence-corrected chi connectivity index (χ0v) is 13.6. The van der Waals surface area contributed by atoms with E-state index in [9.17, 15) is 4.79 Å². The lowest BCUT2D eigenvalue weighted by Crippen LogP contribution is -2.03. The van der Waals surface area contributed by atoms with Crippen molar-refractivity contribution in [3.05, 3.63) is 59.1 Å². The van der Waals surface area contributed by atoms with Gasteiger partial charge in [-0.25, -0.2) is 14.8 Å². The number of aryl methyl sites for hydroxylation is 1. The molecule has 6 heteroatoms. The third-order valence-electron chi connectivity index (χ3n) is 3.33. The van der Waals surface area contributed by atoms with Crippen LogP contribution in [0.25, 0.3) is 11.3 Å². The van der Waals surface area contributed by atoms with Gasteiger partial charge in [-0.2, -0.15) is 0 Å². The third-order valence-corrected chi connectivity index (χ3v) is 4.09. The minimum absolute atomic E-state index is 0.329. The maximum atomic E-state index is 11.6. The maximum Gasteiger partial charge on any atom is 0.338 e. The summed E-state index contributed by atoms with van der Waals surface area (Å²) in [6.07, 6.45) is 1.73. The summed E-state index contributed by atoms with van der Waals surface area (Å²) >= 11 is 1.51. The molecule has 0 amide bonds. The smallest absolute Gasteiger partial charge is 0.338 e. The zero-order valence-electron chi connectivity index (χ0n) is 12.7. The van der Waals surface area contributed by atoms with Crippen LogP contribution in [-0.2, 0) is 4.74 Å². The number of carbonyl (C=O) groups excluding carboxylic acids is 1. The summed E-state index contributed by atoms with van der Waals surface area (Å²) in [6, 6.07) is 11.2. The van der Waals surface area contributed by atoms with Crippen molar-refractivity contribution in [2.45, 2.75) is 6.92 Å². The number of nitrogens with zero attached hydrogens (tertiary/aromatic N) is 2. The first kappa shape index (κ1) is 15.2. The van der Waals surface area contributed by atoms with Gasteiger partial charge in [0, 0.05) is 17.1 Å². The van der Waals surface area contributed by atoms with E-state index in [0.29, 0.717) is 5.56 Å². The van der Waals surface area contributed by atoms with Crippen molar-refractivity contribution in [2.75, 3.05) is 12.4 Å². The largest absolute Gasteiger partial charge is 0.465 e. The molecule has 0 fully saturated rings. The maximum absolute atomic E-state index is 11.6. The minimum Gasteiger partial charge on any atom is -0.465 e. The van der Waals surface area contributed by atoms with Gasteiger partial charge in [-0.05, 0) is 36.8 Å². The predicted molar refractivity (Wildman–Crippen MR) is 91.1 cm³/mol. The van der Waals surface area contributed by atoms with Gasteiger partial charge >= 0.3 is 5.97 Å². The molecule has 0 aliphatic heterocycles. The number of nitrogens with one attached hydrogen (secondary N) is 1. The second kappa shape index (κ2) is 6.58. The average molecular weight is 325 g/mol. The SMILES string of the molecule is COC(=O)c1ccc(-c2csc(Nc3ccccn3)n2)cc1C. The van der Waals surface area contributed by atoms with E-state index in [1.54, 1.807) is 12.3 Å². The highest BCUT2D eigenvalue weighted by Gasteiger charge is 2.11. The van der Waals surface area contributed by atoms with E-state index in [1.165, 1.54) is 18.4 Å². The van der Waals surface area contributed by atoms with Gasteiger partial charge in [0.2, 0.25) is 0 Å². The van der Waals surface area contributed by atoms with Gasteiger partial charge in [-0.1, -0.05) is 12.1 Å². The summed E-state index contributed by atoms with van der Waals surface area (Å²) in [6.45, 7) is 1.88. The molecule has 23 heavy (non-hydrogen) atoms. The molecule has 0 bridgehead atoms. The first-order valence-corrected chi connectivity index (χ1v) is 7.88. The van der Waals surface area contributed by atoms with Crippen LogP contribution < -0.4 is 5.32 Å². The number of anilines is 2. The summed E-state index contributed by atoms with van der Waals surface area (Å²) in [5.41, 5.74) is 3.24. The molecule has 5 nitrogen and oxygen atoms in total. The molecule has 0 saturated heterocycles. The summed E-state index contributed by atoms with van der Waals surface area (Å²) < 4.78 is 4.76. The van der Waals surface area contributed by atoms with Gasteiger partial charge in [0.05, 0.1) is 18.4 Å². The molecule has 1 aromatic carbocycles. The lowest BCUT2D eigenvalue weighted by atomic mass is 10.0. The number of benzene rings is 1. The topological polar surface area (TPSA) is 64.1 Å². The minimum atomic E-state index is -0.329. The van der Waals surface area contributed by atoms with Crippen molar-refractivity contribution < 1.29 is 9.53 Å². The predicted octanol–water partition coefficient (Wildman–Crippen LogP) is 4.04. The molecule has 3 rings (SSSR count). The number of methoxy groups -OCH3 is 1. The second-order valence-electron chi connectivity index (χ2n) is 4.90. The van der Waals surface area contributed by atoms with Crippen molar-refractivity contribution in [1.29, 1.82) is 0 Å². The fourth-order valence-electron chi connectivity index (χ4n) is 2.17. The molecular formula is C17H15N3O2S. The molecule has 1 N–H and O–H groups in total. The number of thiazole rings is 1. The summed E-state index contributed by atoms with van der Waals surface area (Å²) in [5.74, 6) is 0.426. The van der Waals surface area contributed by atoms with Crippen LogP contribution in [-0.4, -0.2) is 23.0 Å². The standard InChI is InChI=1S/C17H15N3O2S/c1-11-9-12(6-7-13(11)16(21)22-2)14-10-23-17(19-14)20-15-5-3-4-8-18-15/h3-10H,1-2H3,(H,18,19,20). The Bertz CT molecular complexity index is 831. The van der Waals surface area contributed by atoms with E-state index in [1.807, 2.05) is 42.6 Å². The first-order chi connectivity index (χ1) is 11.2. The van der Waals surface area contributed by atoms with Gasteiger partial charge < -0.3 is 10.1 Å². The molecule has 2 heterocycles. The molecule has 0 atom stereocenters. The summed E-state index contributed by atoms with van der Waals surface area (Å²) in [5, 5.41) is 5.91. The summed E-state index contributed by atoms with van der Waals surface area (Å²) in [7, 11) is 1.38. The Kier molecular flexibility index (Phi) is 4.34. The number of pyridine rings is 1. The fraction of sp³-hybridized carbons (Fsp3) is 0.118. The molecule has 0 aliphatic rings. The van der Waals surface area contributed by atoms with E-state index < -0.39 is 0 Å². The zero-order chi connectivity index (χ0) is 16.2. The van der Waals surface area contributed by atoms with Gasteiger partial charge in [-0.15, -0.1) is 11.3 Å². The van der Waals surface area contributed by atoms with E-state index in [4.69, 9.17) is 4.74 Å². The van der Waals surface area contributed by atoms with Crippen molar-refractivity contribution in [3.63, 3.8) is 0 Å². The first-order valence-electron chi connectivity index (χ1n) is 7.00. The molecule has 0 radical (unpaired) electrons. The Hall–Kier alpha value is -2.73. The van der Waals surface area contributed by atoms with Crippen molar-refractivity contribution in [3.8, 4) is 11.3 Å². The number of aromatic nitrogens is 2. The Balaban J connectivity index is 1.83. The molecular weight excluding hydrogens is 310 g/mol. The lowest BCUT2D eigenvalue weighted by Gasteiger charge is -2.05. The Morgan fingerprint density at radius 3 is 2.83 bits per heavy atom. The number of ether oxygens (including phenoxy) is 1. The number of carbonyl (C=O) groups is 1. The highest BCUT2D eigenvalue weighted by molar-refractivity contribution is 7.14. The van der Waals surface area contributed by atoms with E-state index >= 15 is 0 Å². The quantitative estimate of drug-likeness (QED) is 0.733. The molecule has 0 spiro atoms. The van der Waals surface area contributed by atoms with Gasteiger partial charge in [0.15, 0.2) is 5.13 Å². The molecule has 2 aromatic heterocycles. The Morgan fingerprint density at radius 1 is 1.26 bits per heavy atom. The highest BCUT2D eigenvalue weighted by atomic mass is 32.1. The number of hydrogen-bond donors (Lipinski definition) is 1. The van der Waals surface area contributed by atoms with Crippen molar-refractivity contribution >= 4 is 28.3 Å². The molecule has 116 valence electrons. The van der Waals surface area contributed by atoms with Gasteiger partial charge in [0.25, 0.3) is 0 Å². The lowest BCUT2D eigenvalue weighted by molar-refractivity contribution is 0.0600. The van der Waals surface area contributed by atoms with Gasteiger partial charge in [-0.3, -0.25) is 0 Å². The van der Waals surface area contributed by atoms with Crippen LogP contribution >= 0.6 is 11.3 Å². The summed E-state index contributed by atoms with van der Waals surface area (Å²) in [4.78, 5) is 20.4. The van der Waals surface area contributed by atoms with Crippen LogP contribution in [0.4, 0.5) is 10.9 Å². The second-order valence-corrected chi connectivity index (χ2v) is 5.76. The van der Waals surface area contributed by atoms with Crippen LogP contribution in [0.2, 0.25) is 0 Å². The number of esters is 1. The third kappa shape index (κ3) is 3.37. The Labute approximate surface area is 138 Å². The fourth-order valence-corrected chi connectivity index (χ4v) is 2.90. The molecule has 3 aromatic rings. The molecule has 0 aliphatic carbocycles. The van der Waals surface area contributed by atoms with Crippen LogP contribution in [0, 0.1) is 6.92 Å². The van der Waals surface area contributed by atoms with E-state index in [2.05, 4.69) is 15.3 Å². The highest BCUT2D eigenvalue weighted by Crippen LogP contribution is 2.28. The van der Waals surface area contributed by atoms with Gasteiger partial charge in [0.1, 0.15) is 5.82 Å². The Morgan fingerprint density at radius 2 is 2.13 bits per heavy atom. The van der Waals surface area contributed by atoms with Crippen LogP contribution in [0.5, 0.6) is 0 Å². The van der Waals surface area contributed by atoms with E-state index in [0.717, 1.165) is 27.8 Å². The number of rotatable bonds is 4. The van der Waals surface area contributed by atoms with Crippen molar-refractivity contribution in [1.82, 2.24) is 9.97 Å². The van der Waals surface area contributed by atoms with Crippen LogP contribution in [0.1, 0.15) is 15.9 Å². The molecule has 0 unspecified atom stereocenters. The van der Waals surface area contributed by atoms with Crippen molar-refractivity contribution in [2.24, 2.45) is 0 Å². The molecule has 0 saturated carbocycles.